The summed E-state index contributed by atoms with van der Waals surface area (Å²) in [5.74, 6) is -1.11. The number of nitrogens with zero attached hydrogens (tertiary/aromatic N) is 1. The van der Waals surface area contributed by atoms with Crippen LogP contribution in [0.4, 0.5) is 5.69 Å². The summed E-state index contributed by atoms with van der Waals surface area (Å²) in [6.07, 6.45) is 3.59. The Bertz CT molecular complexity index is 941. The van der Waals surface area contributed by atoms with Gasteiger partial charge in [0.1, 0.15) is 6.61 Å². The Morgan fingerprint density at radius 2 is 2.03 bits per heavy atom. The second-order valence-electron chi connectivity index (χ2n) is 7.85. The zero-order valence-corrected chi connectivity index (χ0v) is 16.8. The SMILES string of the molecule is CC1=C(C(=O)OC[C@@H]2CCCO2)[C@H](c2ccc([N+](=O)[O-])cc2)C2=C(CCCC2=O)N1. The third-order valence-corrected chi connectivity index (χ3v) is 5.86. The summed E-state index contributed by atoms with van der Waals surface area (Å²) in [6.45, 7) is 2.63. The highest BCUT2D eigenvalue weighted by Gasteiger charge is 2.39. The van der Waals surface area contributed by atoms with Crippen molar-refractivity contribution in [1.82, 2.24) is 5.32 Å². The molecule has 8 nitrogen and oxygen atoms in total. The molecule has 0 amide bonds. The molecule has 0 unspecified atom stereocenters. The molecule has 1 N–H and O–H groups in total. The summed E-state index contributed by atoms with van der Waals surface area (Å²) in [5, 5.41) is 14.3. The van der Waals surface area contributed by atoms with Gasteiger partial charge in [0.25, 0.3) is 5.69 Å². The maximum atomic E-state index is 13.1. The fraction of sp³-hybridized carbons (Fsp3) is 0.455. The first-order valence-electron chi connectivity index (χ1n) is 10.2. The lowest BCUT2D eigenvalue weighted by Crippen LogP contribution is -2.35. The second kappa shape index (κ2) is 8.39. The Labute approximate surface area is 174 Å². The van der Waals surface area contributed by atoms with E-state index in [1.54, 1.807) is 19.1 Å². The van der Waals surface area contributed by atoms with Gasteiger partial charge in [0.2, 0.25) is 0 Å². The number of non-ortho nitro benzene ring substituents is 1. The smallest absolute Gasteiger partial charge is 0.336 e. The van der Waals surface area contributed by atoms with Crippen molar-refractivity contribution in [3.63, 3.8) is 0 Å². The van der Waals surface area contributed by atoms with Gasteiger partial charge in [-0.25, -0.2) is 4.79 Å². The Hall–Kier alpha value is -3.00. The Kier molecular flexibility index (Phi) is 5.67. The van der Waals surface area contributed by atoms with Crippen LogP contribution in [-0.2, 0) is 19.1 Å². The van der Waals surface area contributed by atoms with Crippen molar-refractivity contribution in [2.24, 2.45) is 0 Å². The monoisotopic (exact) mass is 412 g/mol. The largest absolute Gasteiger partial charge is 0.459 e. The van der Waals surface area contributed by atoms with Crippen LogP contribution in [0.1, 0.15) is 50.5 Å². The molecule has 30 heavy (non-hydrogen) atoms. The molecule has 0 saturated carbocycles. The number of hydrogen-bond acceptors (Lipinski definition) is 7. The number of rotatable bonds is 5. The molecule has 4 rings (SSSR count). The number of benzene rings is 1. The van der Waals surface area contributed by atoms with Gasteiger partial charge in [-0.2, -0.15) is 0 Å². The van der Waals surface area contributed by atoms with Crippen molar-refractivity contribution in [2.45, 2.75) is 51.0 Å². The highest BCUT2D eigenvalue weighted by molar-refractivity contribution is 6.03. The first-order valence-corrected chi connectivity index (χ1v) is 10.2. The van der Waals surface area contributed by atoms with Gasteiger partial charge < -0.3 is 14.8 Å². The zero-order chi connectivity index (χ0) is 21.3. The van der Waals surface area contributed by atoms with Crippen molar-refractivity contribution in [3.05, 3.63) is 62.5 Å². The number of ether oxygens (including phenoxy) is 2. The number of esters is 1. The van der Waals surface area contributed by atoms with Crippen LogP contribution >= 0.6 is 0 Å². The molecule has 1 aliphatic carbocycles. The van der Waals surface area contributed by atoms with Crippen LogP contribution in [0.3, 0.4) is 0 Å². The van der Waals surface area contributed by atoms with Crippen LogP contribution in [0.25, 0.3) is 0 Å². The number of dihydropyridines is 1. The first kappa shape index (κ1) is 20.3. The van der Waals surface area contributed by atoms with E-state index in [0.717, 1.165) is 31.4 Å². The molecular formula is C22H24N2O6. The molecule has 2 atom stereocenters. The van der Waals surface area contributed by atoms with E-state index in [9.17, 15) is 19.7 Å². The lowest BCUT2D eigenvalue weighted by atomic mass is 9.75. The van der Waals surface area contributed by atoms with Crippen LogP contribution in [-0.4, -0.2) is 36.0 Å². The van der Waals surface area contributed by atoms with E-state index in [1.165, 1.54) is 12.1 Å². The summed E-state index contributed by atoms with van der Waals surface area (Å²) in [4.78, 5) is 36.5. The predicted molar refractivity (Wildman–Crippen MR) is 107 cm³/mol. The highest BCUT2D eigenvalue weighted by Crippen LogP contribution is 2.42. The minimum absolute atomic E-state index is 0.0102. The van der Waals surface area contributed by atoms with Gasteiger partial charge in [-0.1, -0.05) is 12.1 Å². The molecule has 0 bridgehead atoms. The molecule has 1 fully saturated rings. The van der Waals surface area contributed by atoms with E-state index in [0.29, 0.717) is 35.4 Å². The van der Waals surface area contributed by atoms with Crippen LogP contribution in [0.5, 0.6) is 0 Å². The molecule has 1 aromatic carbocycles. The lowest BCUT2D eigenvalue weighted by molar-refractivity contribution is -0.384. The molecular weight excluding hydrogens is 388 g/mol. The fourth-order valence-electron chi connectivity index (χ4n) is 4.40. The maximum Gasteiger partial charge on any atom is 0.336 e. The van der Waals surface area contributed by atoms with Gasteiger partial charge in [0, 0.05) is 48.0 Å². The van der Waals surface area contributed by atoms with Crippen molar-refractivity contribution < 1.29 is 24.0 Å². The van der Waals surface area contributed by atoms with Gasteiger partial charge in [-0.05, 0) is 38.2 Å². The quantitative estimate of drug-likeness (QED) is 0.449. The van der Waals surface area contributed by atoms with Crippen LogP contribution in [0.15, 0.2) is 46.8 Å². The average Bonchev–Trinajstić information content (AvgIpc) is 3.25. The summed E-state index contributed by atoms with van der Waals surface area (Å²) >= 11 is 0. The number of nitro groups is 1. The molecule has 0 spiro atoms. The Morgan fingerprint density at radius 1 is 1.27 bits per heavy atom. The van der Waals surface area contributed by atoms with Crippen LogP contribution in [0, 0.1) is 10.1 Å². The lowest BCUT2D eigenvalue weighted by Gasteiger charge is -2.34. The molecule has 1 aromatic rings. The number of Topliss-reactive ketones (excluding diaryl/α,β-unsaturated/α-hetero) is 1. The number of nitrogens with one attached hydrogen (secondary N) is 1. The Balaban J connectivity index is 1.69. The molecule has 0 aromatic heterocycles. The number of hydrogen-bond donors (Lipinski definition) is 1. The van der Waals surface area contributed by atoms with Gasteiger partial charge in [-0.3, -0.25) is 14.9 Å². The maximum absolute atomic E-state index is 13.1. The number of carbonyl (C=O) groups is 2. The van der Waals surface area contributed by atoms with Gasteiger partial charge in [0.15, 0.2) is 5.78 Å². The second-order valence-corrected chi connectivity index (χ2v) is 7.85. The third kappa shape index (κ3) is 3.87. The summed E-state index contributed by atoms with van der Waals surface area (Å²) < 4.78 is 11.1. The van der Waals surface area contributed by atoms with Crippen molar-refractivity contribution in [1.29, 1.82) is 0 Å². The molecule has 1 saturated heterocycles. The number of ketones is 1. The molecule has 3 aliphatic rings. The van der Waals surface area contributed by atoms with Crippen LogP contribution < -0.4 is 5.32 Å². The summed E-state index contributed by atoms with van der Waals surface area (Å²) in [5.41, 5.74) is 3.01. The minimum atomic E-state index is -0.605. The minimum Gasteiger partial charge on any atom is -0.459 e. The molecule has 0 radical (unpaired) electrons. The van der Waals surface area contributed by atoms with Crippen molar-refractivity contribution in [3.8, 4) is 0 Å². The average molecular weight is 412 g/mol. The molecule has 8 heteroatoms. The van der Waals surface area contributed by atoms with E-state index in [1.807, 2.05) is 0 Å². The highest BCUT2D eigenvalue weighted by atomic mass is 16.6. The number of nitro benzene ring substituents is 1. The first-order chi connectivity index (χ1) is 14.5. The van der Waals surface area contributed by atoms with Crippen molar-refractivity contribution >= 4 is 17.4 Å². The molecule has 2 heterocycles. The summed E-state index contributed by atoms with van der Waals surface area (Å²) in [6, 6.07) is 6.02. The summed E-state index contributed by atoms with van der Waals surface area (Å²) in [7, 11) is 0. The fourth-order valence-corrected chi connectivity index (χ4v) is 4.40. The molecule has 2 aliphatic heterocycles. The Morgan fingerprint density at radius 3 is 2.70 bits per heavy atom. The normalized spacial score (nSPS) is 23.8. The number of carbonyl (C=O) groups excluding carboxylic acids is 2. The molecule has 158 valence electrons. The van der Waals surface area contributed by atoms with E-state index < -0.39 is 16.8 Å². The third-order valence-electron chi connectivity index (χ3n) is 5.86. The zero-order valence-electron chi connectivity index (χ0n) is 16.8. The van der Waals surface area contributed by atoms with E-state index in [-0.39, 0.29) is 24.2 Å². The predicted octanol–water partition coefficient (Wildman–Crippen LogP) is 3.28. The van der Waals surface area contributed by atoms with E-state index in [4.69, 9.17) is 9.47 Å². The number of allylic oxidation sites excluding steroid dienone is 3. The van der Waals surface area contributed by atoms with Gasteiger partial charge >= 0.3 is 5.97 Å². The van der Waals surface area contributed by atoms with E-state index >= 15 is 0 Å². The van der Waals surface area contributed by atoms with E-state index in [2.05, 4.69) is 5.32 Å². The van der Waals surface area contributed by atoms with Gasteiger partial charge in [-0.15, -0.1) is 0 Å². The van der Waals surface area contributed by atoms with Crippen molar-refractivity contribution in [2.75, 3.05) is 13.2 Å². The standard InChI is InChI=1S/C22H24N2O6/c1-13-19(22(26)30-12-16-4-3-11-29-16)20(14-7-9-15(10-8-14)24(27)28)21-17(23-13)5-2-6-18(21)25/h7-10,16,20,23H,2-6,11-12H2,1H3/t16-,20-/m0/s1. The van der Waals surface area contributed by atoms with Crippen LogP contribution in [0.2, 0.25) is 0 Å². The topological polar surface area (TPSA) is 108 Å². The van der Waals surface area contributed by atoms with Gasteiger partial charge in [0.05, 0.1) is 16.6 Å².